The monoisotopic (exact) mass is 414 g/mol. The van der Waals surface area contributed by atoms with Crippen molar-refractivity contribution in [2.45, 2.75) is 33.3 Å². The van der Waals surface area contributed by atoms with Gasteiger partial charge in [0.25, 0.3) is 0 Å². The molecule has 2 rings (SSSR count). The fourth-order valence-corrected chi connectivity index (χ4v) is 2.49. The minimum atomic E-state index is -0.493. The van der Waals surface area contributed by atoms with E-state index in [0.29, 0.717) is 6.54 Å². The van der Waals surface area contributed by atoms with E-state index in [0.717, 1.165) is 17.7 Å². The molecule has 0 saturated carbocycles. The largest absolute Gasteiger partial charge is 0.388 e. The van der Waals surface area contributed by atoms with Crippen molar-refractivity contribution < 1.29 is 42.6 Å². The van der Waals surface area contributed by atoms with Crippen molar-refractivity contribution in [3.63, 3.8) is 0 Å². The van der Waals surface area contributed by atoms with Gasteiger partial charge in [-0.3, -0.25) is 4.79 Å². The molecule has 0 aliphatic rings. The second-order valence-corrected chi connectivity index (χ2v) is 6.20. The van der Waals surface area contributed by atoms with Crippen molar-refractivity contribution in [3.8, 4) is 0 Å². The van der Waals surface area contributed by atoms with Gasteiger partial charge in [-0.15, -0.1) is 0 Å². The van der Waals surface area contributed by atoms with Crippen LogP contribution in [0.4, 0.5) is 5.69 Å². The quantitative estimate of drug-likeness (QED) is 0.540. The number of amides is 1. The van der Waals surface area contributed by atoms with Crippen LogP contribution >= 0.6 is 0 Å². The minimum absolute atomic E-state index is 0. The van der Waals surface area contributed by atoms with Gasteiger partial charge in [-0.2, -0.15) is 35.9 Å². The van der Waals surface area contributed by atoms with Crippen LogP contribution in [0.15, 0.2) is 48.5 Å². The molecule has 5 heteroatoms. The summed E-state index contributed by atoms with van der Waals surface area (Å²) in [6.45, 7) is 6.13. The molecular weight excluding hydrogens is 389 g/mol. The Balaban J connectivity index is 0.00000312. The van der Waals surface area contributed by atoms with Crippen molar-refractivity contribution in [2.24, 2.45) is 5.92 Å². The van der Waals surface area contributed by atoms with Gasteiger partial charge in [0.2, 0.25) is 5.91 Å². The summed E-state index contributed by atoms with van der Waals surface area (Å²) < 4.78 is 0. The molecule has 0 heterocycles. The molecule has 1 atom stereocenters. The second kappa shape index (κ2) is 10.8. The summed E-state index contributed by atoms with van der Waals surface area (Å²) in [6, 6.07) is 18.2. The van der Waals surface area contributed by atoms with Crippen molar-refractivity contribution in [3.05, 3.63) is 65.7 Å². The predicted octanol–water partition coefficient (Wildman–Crippen LogP) is 3.27. The molecule has 0 aromatic heterocycles. The maximum atomic E-state index is 11.9. The first-order valence-electron chi connectivity index (χ1n) is 8.26. The number of anilines is 1. The van der Waals surface area contributed by atoms with Crippen LogP contribution in [-0.2, 0) is 43.9 Å². The Morgan fingerprint density at radius 3 is 2.28 bits per heavy atom. The minimum Gasteiger partial charge on any atom is -0.388 e. The third kappa shape index (κ3) is 6.63. The van der Waals surface area contributed by atoms with Crippen LogP contribution in [0.5, 0.6) is 0 Å². The number of nitrogens with one attached hydrogen (secondary N) is 1. The van der Waals surface area contributed by atoms with Gasteiger partial charge in [-0.25, -0.2) is 10.4 Å². The number of rotatable bonds is 7. The topological polar surface area (TPSA) is 52.6 Å². The van der Waals surface area contributed by atoms with E-state index in [9.17, 15) is 9.90 Å². The molecule has 1 unspecified atom stereocenters. The Labute approximate surface area is 175 Å². The molecule has 0 spiro atoms. The maximum absolute atomic E-state index is 11.9. The molecule has 4 nitrogen and oxygen atoms in total. The summed E-state index contributed by atoms with van der Waals surface area (Å²) in [5, 5.41) is 11.6. The van der Waals surface area contributed by atoms with Gasteiger partial charge in [0.05, 0.1) is 11.8 Å². The number of nitrogens with zero attached hydrogens (tertiary/aromatic N) is 1. The first-order valence-corrected chi connectivity index (χ1v) is 8.26. The summed E-state index contributed by atoms with van der Waals surface area (Å²) in [5.41, 5.74) is 5.99. The standard InChI is InChI=1S/C20H25N2O2.Y/c1-15(2)20(24)18-9-11-19(12-10-18)22(16(3)23)21-14-13-17-7-5-4-6-8-17;/h5-12,15,20-21,24H,13-14H2,1-3H3;/q-1;. The maximum Gasteiger partial charge on any atom is 0.238 e. The van der Waals surface area contributed by atoms with Crippen molar-refractivity contribution in [2.75, 3.05) is 11.6 Å². The molecular formula is C20H25N2O2Y-. The van der Waals surface area contributed by atoms with E-state index in [1.54, 1.807) is 5.01 Å². The molecule has 25 heavy (non-hydrogen) atoms. The van der Waals surface area contributed by atoms with Crippen LogP contribution in [0, 0.1) is 12.0 Å². The van der Waals surface area contributed by atoms with Gasteiger partial charge >= 0.3 is 0 Å². The molecule has 0 aliphatic heterocycles. The summed E-state index contributed by atoms with van der Waals surface area (Å²) in [5.74, 6) is 0.0783. The van der Waals surface area contributed by atoms with Crippen LogP contribution in [0.2, 0.25) is 0 Å². The number of hydrogen-bond donors (Lipinski definition) is 2. The Bertz CT molecular complexity index is 645. The average molecular weight is 414 g/mol. The molecule has 2 N–H and O–H groups in total. The van der Waals surface area contributed by atoms with Gasteiger partial charge in [-0.1, -0.05) is 26.0 Å². The summed E-state index contributed by atoms with van der Waals surface area (Å²) in [4.78, 5) is 11.9. The van der Waals surface area contributed by atoms with Gasteiger partial charge in [0.15, 0.2) is 0 Å². The van der Waals surface area contributed by atoms with E-state index in [2.05, 4.69) is 11.5 Å². The normalized spacial score (nSPS) is 11.7. The van der Waals surface area contributed by atoms with Crippen molar-refractivity contribution >= 4 is 11.6 Å². The Kier molecular flexibility index (Phi) is 9.51. The van der Waals surface area contributed by atoms with Crippen molar-refractivity contribution in [1.82, 2.24) is 5.43 Å². The third-order valence-corrected chi connectivity index (χ3v) is 3.91. The van der Waals surface area contributed by atoms with E-state index < -0.39 is 6.10 Å². The smallest absolute Gasteiger partial charge is 0.238 e. The van der Waals surface area contributed by atoms with Crippen LogP contribution in [0.3, 0.4) is 0 Å². The molecule has 0 saturated heterocycles. The Hall–Kier alpha value is -1.07. The number of aliphatic hydroxyl groups is 1. The zero-order valence-corrected chi connectivity index (χ0v) is 17.9. The second-order valence-electron chi connectivity index (χ2n) is 6.20. The fourth-order valence-electron chi connectivity index (χ4n) is 2.49. The number of aliphatic hydroxyl groups excluding tert-OH is 1. The molecule has 131 valence electrons. The summed E-state index contributed by atoms with van der Waals surface area (Å²) in [7, 11) is 0. The Morgan fingerprint density at radius 1 is 1.16 bits per heavy atom. The fraction of sp³-hybridized carbons (Fsp3) is 0.350. The first-order chi connectivity index (χ1) is 11.5. The van der Waals surface area contributed by atoms with Crippen LogP contribution in [0.25, 0.3) is 0 Å². The summed E-state index contributed by atoms with van der Waals surface area (Å²) >= 11 is 0. The Morgan fingerprint density at radius 2 is 1.76 bits per heavy atom. The number of carbonyl (C=O) groups excluding carboxylic acids is 1. The van der Waals surface area contributed by atoms with Gasteiger partial charge in [0, 0.05) is 46.2 Å². The molecule has 0 fully saturated rings. The third-order valence-electron chi connectivity index (χ3n) is 3.91. The van der Waals surface area contributed by atoms with E-state index in [-0.39, 0.29) is 44.5 Å². The van der Waals surface area contributed by atoms with Gasteiger partial charge in [0.1, 0.15) is 0 Å². The summed E-state index contributed by atoms with van der Waals surface area (Å²) in [6.07, 6.45) is 0.329. The zero-order chi connectivity index (χ0) is 17.5. The first kappa shape index (κ1) is 22.0. The van der Waals surface area contributed by atoms with E-state index in [1.807, 2.05) is 62.4 Å². The number of hydrazine groups is 1. The van der Waals surface area contributed by atoms with Gasteiger partial charge < -0.3 is 5.11 Å². The zero-order valence-electron chi connectivity index (χ0n) is 15.1. The van der Waals surface area contributed by atoms with Crippen LogP contribution in [-0.4, -0.2) is 17.6 Å². The number of carbonyl (C=O) groups is 1. The van der Waals surface area contributed by atoms with E-state index in [4.69, 9.17) is 0 Å². The van der Waals surface area contributed by atoms with E-state index >= 15 is 0 Å². The molecule has 0 aliphatic carbocycles. The molecule has 1 radical (unpaired) electrons. The average Bonchev–Trinajstić information content (AvgIpc) is 2.59. The van der Waals surface area contributed by atoms with Crippen LogP contribution < -0.4 is 10.4 Å². The SMILES string of the molecule is CC(=O)N(NCCc1cc[c-]cc1)c1ccc(C(O)C(C)C)cc1.[Y]. The van der Waals surface area contributed by atoms with Crippen LogP contribution in [0.1, 0.15) is 38.0 Å². The van der Waals surface area contributed by atoms with Gasteiger partial charge in [-0.05, 0) is 30.0 Å². The van der Waals surface area contributed by atoms with Crippen molar-refractivity contribution in [1.29, 1.82) is 0 Å². The molecule has 1 amide bonds. The number of benzene rings is 2. The van der Waals surface area contributed by atoms with E-state index in [1.165, 1.54) is 12.5 Å². The number of hydrogen-bond acceptors (Lipinski definition) is 3. The molecule has 0 bridgehead atoms. The molecule has 2 aromatic rings. The predicted molar refractivity (Wildman–Crippen MR) is 96.4 cm³/mol. The molecule has 2 aromatic carbocycles.